The van der Waals surface area contributed by atoms with E-state index in [9.17, 15) is 22.4 Å². The molecule has 1 aromatic heterocycles. The molecule has 12 heteroatoms. The Hall–Kier alpha value is -3.70. The number of carbonyl (C=O) groups excluding carboxylic acids is 1. The molecule has 0 saturated carbocycles. The summed E-state index contributed by atoms with van der Waals surface area (Å²) in [7, 11) is 0. The third kappa shape index (κ3) is 6.42. The van der Waals surface area contributed by atoms with Gasteiger partial charge in [-0.3, -0.25) is 4.79 Å². The molecule has 1 aromatic carbocycles. The number of nitrogens with zero attached hydrogens (tertiary/aromatic N) is 3. The average Bonchev–Trinajstić information content (AvgIpc) is 3.40. The Balaban J connectivity index is 0.000000406. The second-order valence-electron chi connectivity index (χ2n) is 7.91. The van der Waals surface area contributed by atoms with Crippen LogP contribution in [0.3, 0.4) is 0 Å². The van der Waals surface area contributed by atoms with Gasteiger partial charge in [0.05, 0.1) is 6.54 Å². The highest BCUT2D eigenvalue weighted by Gasteiger charge is 2.47. The average molecular weight is 482 g/mol. The van der Waals surface area contributed by atoms with Crippen molar-refractivity contribution in [2.75, 3.05) is 18.0 Å². The van der Waals surface area contributed by atoms with E-state index in [4.69, 9.17) is 14.7 Å². The molecule has 8 nitrogen and oxygen atoms in total. The number of aromatic nitrogens is 1. The van der Waals surface area contributed by atoms with E-state index in [2.05, 4.69) is 20.4 Å². The van der Waals surface area contributed by atoms with Gasteiger partial charge in [0.25, 0.3) is 5.91 Å². The summed E-state index contributed by atoms with van der Waals surface area (Å²) >= 11 is 0. The van der Waals surface area contributed by atoms with E-state index in [1.807, 2.05) is 25.1 Å². The predicted octanol–water partition coefficient (Wildman–Crippen LogP) is 3.20. The Kier molecular flexibility index (Phi) is 7.38. The lowest BCUT2D eigenvalue weighted by atomic mass is 9.96. The number of benzene rings is 1. The van der Waals surface area contributed by atoms with Crippen molar-refractivity contribution in [3.63, 3.8) is 0 Å². The molecule has 4 rings (SSSR count). The number of hydrogen-bond donors (Lipinski definition) is 2. The summed E-state index contributed by atoms with van der Waals surface area (Å²) in [5.74, 6) is -2.38. The molecular weight excluding hydrogens is 460 g/mol. The van der Waals surface area contributed by atoms with Crippen LogP contribution < -0.4 is 10.2 Å². The molecule has 1 unspecified atom stereocenters. The maximum atomic E-state index is 12.9. The molecule has 2 aromatic rings. The highest BCUT2D eigenvalue weighted by molar-refractivity contribution is 6.39. The Bertz CT molecular complexity index is 1080. The first kappa shape index (κ1) is 24.9. The number of oxime groups is 1. The van der Waals surface area contributed by atoms with Crippen LogP contribution >= 0.6 is 0 Å². The maximum absolute atomic E-state index is 12.9. The van der Waals surface area contributed by atoms with Crippen LogP contribution in [0.4, 0.5) is 23.4 Å². The van der Waals surface area contributed by atoms with Gasteiger partial charge in [0, 0.05) is 31.6 Å². The molecule has 2 aliphatic heterocycles. The fourth-order valence-corrected chi connectivity index (χ4v) is 3.49. The van der Waals surface area contributed by atoms with Gasteiger partial charge in [0.15, 0.2) is 5.60 Å². The summed E-state index contributed by atoms with van der Waals surface area (Å²) in [6.45, 7) is 3.76. The minimum atomic E-state index is -5.08. The number of aliphatic carboxylic acids is 1. The number of carbonyl (C=O) groups is 2. The molecule has 3 heterocycles. The molecule has 1 atom stereocenters. The monoisotopic (exact) mass is 482 g/mol. The number of carboxylic acids is 1. The molecule has 182 valence electrons. The number of amides is 1. The van der Waals surface area contributed by atoms with Crippen molar-refractivity contribution in [3.05, 3.63) is 59.5 Å². The van der Waals surface area contributed by atoms with Gasteiger partial charge in [0.1, 0.15) is 17.3 Å². The first-order chi connectivity index (χ1) is 16.0. The first-order valence-corrected chi connectivity index (χ1v) is 10.2. The number of anilines is 1. The number of carboxylic acid groups (broad SMARTS) is 1. The van der Waals surface area contributed by atoms with E-state index in [1.165, 1.54) is 12.1 Å². The van der Waals surface area contributed by atoms with Crippen LogP contribution in [0.2, 0.25) is 0 Å². The molecule has 2 N–H and O–H groups in total. The van der Waals surface area contributed by atoms with Gasteiger partial charge in [-0.25, -0.2) is 14.2 Å². The standard InChI is InChI=1S/C20H21FN4O2.C2HF3O2/c1-14-3-2-4-18(23-14)25-10-9-20(13-25)11-17(24-27-20)19(26)22-12-15-5-7-16(21)8-6-15;3-2(4,5)1(6)7/h2-8H,9-13H2,1H3,(H,22,26);(H,6,7). The predicted molar refractivity (Wildman–Crippen MR) is 114 cm³/mol. The summed E-state index contributed by atoms with van der Waals surface area (Å²) in [5.41, 5.74) is 1.74. The third-order valence-electron chi connectivity index (χ3n) is 5.22. The summed E-state index contributed by atoms with van der Waals surface area (Å²) in [6, 6.07) is 12.0. The number of rotatable bonds is 4. The number of hydrogen-bond acceptors (Lipinski definition) is 6. The fraction of sp³-hybridized carbons (Fsp3) is 0.364. The fourth-order valence-electron chi connectivity index (χ4n) is 3.49. The zero-order valence-electron chi connectivity index (χ0n) is 18.1. The van der Waals surface area contributed by atoms with E-state index in [0.717, 1.165) is 30.0 Å². The molecule has 2 aliphatic rings. The number of nitrogens with one attached hydrogen (secondary N) is 1. The van der Waals surface area contributed by atoms with Crippen LogP contribution in [0.5, 0.6) is 0 Å². The number of pyridine rings is 1. The van der Waals surface area contributed by atoms with Crippen molar-refractivity contribution < 1.29 is 37.1 Å². The van der Waals surface area contributed by atoms with E-state index in [1.54, 1.807) is 12.1 Å². The Morgan fingerprint density at radius 1 is 1.21 bits per heavy atom. The van der Waals surface area contributed by atoms with Gasteiger partial charge in [-0.1, -0.05) is 23.4 Å². The Morgan fingerprint density at radius 3 is 2.50 bits per heavy atom. The molecule has 1 saturated heterocycles. The van der Waals surface area contributed by atoms with E-state index in [-0.39, 0.29) is 11.7 Å². The quantitative estimate of drug-likeness (QED) is 0.649. The van der Waals surface area contributed by atoms with Gasteiger partial charge in [-0.05, 0) is 36.8 Å². The number of halogens is 4. The van der Waals surface area contributed by atoms with Gasteiger partial charge < -0.3 is 20.2 Å². The molecule has 0 radical (unpaired) electrons. The van der Waals surface area contributed by atoms with E-state index < -0.39 is 17.7 Å². The lowest BCUT2D eigenvalue weighted by Gasteiger charge is -2.22. The van der Waals surface area contributed by atoms with Crippen LogP contribution in [0, 0.1) is 12.7 Å². The molecule has 1 amide bonds. The second kappa shape index (κ2) is 10.1. The number of alkyl halides is 3. The molecule has 0 bridgehead atoms. The first-order valence-electron chi connectivity index (χ1n) is 10.2. The topological polar surface area (TPSA) is 104 Å². The molecule has 1 spiro atoms. The SMILES string of the molecule is Cc1cccc(N2CCC3(CC(C(=O)NCc4ccc(F)cc4)=NO3)C2)n1.O=C(O)C(F)(F)F. The van der Waals surface area contributed by atoms with Crippen LogP contribution in [-0.4, -0.2) is 52.5 Å². The van der Waals surface area contributed by atoms with Crippen molar-refractivity contribution in [2.45, 2.75) is 38.1 Å². The van der Waals surface area contributed by atoms with Gasteiger partial charge in [-0.2, -0.15) is 13.2 Å². The van der Waals surface area contributed by atoms with E-state index in [0.29, 0.717) is 25.2 Å². The minimum Gasteiger partial charge on any atom is -0.475 e. The number of aryl methyl sites for hydroxylation is 1. The van der Waals surface area contributed by atoms with Gasteiger partial charge in [0.2, 0.25) is 0 Å². The summed E-state index contributed by atoms with van der Waals surface area (Å²) < 4.78 is 44.7. The smallest absolute Gasteiger partial charge is 0.475 e. The Morgan fingerprint density at radius 2 is 1.88 bits per heavy atom. The highest BCUT2D eigenvalue weighted by Crippen LogP contribution is 2.35. The minimum absolute atomic E-state index is 0.247. The van der Waals surface area contributed by atoms with Gasteiger partial charge in [-0.15, -0.1) is 0 Å². The molecular formula is C22H22F4N4O4. The molecule has 0 aliphatic carbocycles. The van der Waals surface area contributed by atoms with Crippen molar-refractivity contribution in [1.29, 1.82) is 0 Å². The van der Waals surface area contributed by atoms with Crippen LogP contribution in [0.1, 0.15) is 24.1 Å². The second-order valence-corrected chi connectivity index (χ2v) is 7.91. The molecule has 1 fully saturated rings. The van der Waals surface area contributed by atoms with Crippen molar-refractivity contribution in [2.24, 2.45) is 5.16 Å². The van der Waals surface area contributed by atoms with Crippen molar-refractivity contribution >= 4 is 23.4 Å². The van der Waals surface area contributed by atoms with Crippen molar-refractivity contribution in [1.82, 2.24) is 10.3 Å². The third-order valence-corrected chi connectivity index (χ3v) is 5.22. The molecule has 34 heavy (non-hydrogen) atoms. The summed E-state index contributed by atoms with van der Waals surface area (Å²) in [5, 5.41) is 14.0. The maximum Gasteiger partial charge on any atom is 0.490 e. The largest absolute Gasteiger partial charge is 0.490 e. The lowest BCUT2D eigenvalue weighted by molar-refractivity contribution is -0.192. The summed E-state index contributed by atoms with van der Waals surface area (Å²) in [6.07, 6.45) is -3.81. The van der Waals surface area contributed by atoms with Crippen LogP contribution in [0.15, 0.2) is 47.6 Å². The normalized spacial score (nSPS) is 19.2. The zero-order chi connectivity index (χ0) is 24.9. The van der Waals surface area contributed by atoms with E-state index >= 15 is 0 Å². The van der Waals surface area contributed by atoms with Crippen LogP contribution in [0.25, 0.3) is 0 Å². The summed E-state index contributed by atoms with van der Waals surface area (Å²) in [4.78, 5) is 33.7. The highest BCUT2D eigenvalue weighted by atomic mass is 19.4. The Labute approximate surface area is 192 Å². The van der Waals surface area contributed by atoms with Crippen molar-refractivity contribution in [3.8, 4) is 0 Å². The lowest BCUT2D eigenvalue weighted by Crippen LogP contribution is -2.37. The zero-order valence-corrected chi connectivity index (χ0v) is 18.1. The van der Waals surface area contributed by atoms with Crippen LogP contribution in [-0.2, 0) is 21.0 Å². The van der Waals surface area contributed by atoms with Gasteiger partial charge >= 0.3 is 12.1 Å².